The van der Waals surface area contributed by atoms with Crippen LogP contribution in [0.15, 0.2) is 4.99 Å². The van der Waals surface area contributed by atoms with E-state index in [1.54, 1.807) is 6.92 Å². The Morgan fingerprint density at radius 3 is 2.00 bits per heavy atom. The standard InChI is InChI=1S/C24H48N8O5/c1-5-15(4)19(32-20(33)16(26)9-6-7-11-25)22(35)30-17(10-8-12-29-24(27)28)21(34)31-18(23(36)37)13-14(2)3/h14-19H,5-13,25-26H2,1-4H3,(H,30,35)(H,31,34)(H,32,33)(H,36,37)(H4,27,28,29). The van der Waals surface area contributed by atoms with E-state index in [1.165, 1.54) is 0 Å². The van der Waals surface area contributed by atoms with Gasteiger partial charge in [0.25, 0.3) is 0 Å². The van der Waals surface area contributed by atoms with Crippen LogP contribution in [0.25, 0.3) is 0 Å². The molecule has 0 saturated carbocycles. The Kier molecular flexibility index (Phi) is 16.9. The van der Waals surface area contributed by atoms with Crippen LogP contribution in [-0.4, -0.2) is 72.0 Å². The summed E-state index contributed by atoms with van der Waals surface area (Å²) in [6.45, 7) is 8.09. The second kappa shape index (κ2) is 18.3. The van der Waals surface area contributed by atoms with Gasteiger partial charge in [-0.2, -0.15) is 0 Å². The summed E-state index contributed by atoms with van der Waals surface area (Å²) in [7, 11) is 0. The monoisotopic (exact) mass is 528 g/mol. The van der Waals surface area contributed by atoms with Gasteiger partial charge in [-0.1, -0.05) is 40.5 Å². The molecule has 214 valence electrons. The fourth-order valence-electron chi connectivity index (χ4n) is 3.60. The Hall–Kier alpha value is -2.93. The number of guanidine groups is 1. The Morgan fingerprint density at radius 1 is 0.865 bits per heavy atom. The number of carbonyl (C=O) groups excluding carboxylic acids is 3. The molecule has 0 bridgehead atoms. The number of carboxylic acids is 1. The third-order valence-electron chi connectivity index (χ3n) is 6.00. The first kappa shape index (κ1) is 34.1. The maximum atomic E-state index is 13.3. The van der Waals surface area contributed by atoms with E-state index >= 15 is 0 Å². The number of aliphatic imine (C=N–C) groups is 1. The molecule has 5 atom stereocenters. The van der Waals surface area contributed by atoms with Crippen LogP contribution in [0, 0.1) is 11.8 Å². The normalized spacial score (nSPS) is 15.1. The summed E-state index contributed by atoms with van der Waals surface area (Å²) in [6, 6.07) is -3.90. The second-order valence-corrected chi connectivity index (χ2v) is 9.80. The minimum absolute atomic E-state index is 0.0235. The number of hydrogen-bond acceptors (Lipinski definition) is 7. The fourth-order valence-corrected chi connectivity index (χ4v) is 3.60. The Bertz CT molecular complexity index is 757. The highest BCUT2D eigenvalue weighted by molar-refractivity contribution is 5.94. The van der Waals surface area contributed by atoms with Gasteiger partial charge in [0.2, 0.25) is 17.7 Å². The first-order valence-electron chi connectivity index (χ1n) is 13.0. The summed E-state index contributed by atoms with van der Waals surface area (Å²) in [4.78, 5) is 54.5. The predicted molar refractivity (Wildman–Crippen MR) is 143 cm³/mol. The average Bonchev–Trinajstić information content (AvgIpc) is 2.82. The van der Waals surface area contributed by atoms with Gasteiger partial charge < -0.3 is 44.0 Å². The molecular formula is C24H48N8O5. The van der Waals surface area contributed by atoms with Crippen molar-refractivity contribution in [3.63, 3.8) is 0 Å². The van der Waals surface area contributed by atoms with Gasteiger partial charge in [0.1, 0.15) is 18.1 Å². The van der Waals surface area contributed by atoms with E-state index in [4.69, 9.17) is 22.9 Å². The van der Waals surface area contributed by atoms with Crippen LogP contribution in [0.2, 0.25) is 0 Å². The van der Waals surface area contributed by atoms with E-state index in [0.29, 0.717) is 32.2 Å². The first-order valence-corrected chi connectivity index (χ1v) is 13.0. The third kappa shape index (κ3) is 14.4. The molecule has 37 heavy (non-hydrogen) atoms. The molecule has 0 heterocycles. The minimum Gasteiger partial charge on any atom is -0.480 e. The first-order chi connectivity index (χ1) is 17.3. The van der Waals surface area contributed by atoms with Crippen molar-refractivity contribution in [3.05, 3.63) is 0 Å². The SMILES string of the molecule is CCC(C)C(NC(=O)C(N)CCCCN)C(=O)NC(CCCN=C(N)N)C(=O)NC(CC(C)C)C(=O)O. The van der Waals surface area contributed by atoms with Crippen molar-refractivity contribution in [1.82, 2.24) is 16.0 Å². The predicted octanol–water partition coefficient (Wildman–Crippen LogP) is -0.872. The number of rotatable bonds is 19. The molecule has 12 N–H and O–H groups in total. The molecular weight excluding hydrogens is 480 g/mol. The van der Waals surface area contributed by atoms with Crippen molar-refractivity contribution < 1.29 is 24.3 Å². The van der Waals surface area contributed by atoms with Crippen LogP contribution in [0.1, 0.15) is 72.6 Å². The van der Waals surface area contributed by atoms with E-state index in [1.807, 2.05) is 20.8 Å². The number of carboxylic acid groups (broad SMARTS) is 1. The molecule has 0 aliphatic heterocycles. The molecule has 0 aromatic heterocycles. The van der Waals surface area contributed by atoms with Gasteiger partial charge in [0.05, 0.1) is 6.04 Å². The summed E-state index contributed by atoms with van der Waals surface area (Å²) >= 11 is 0. The van der Waals surface area contributed by atoms with Crippen molar-refractivity contribution in [1.29, 1.82) is 0 Å². The van der Waals surface area contributed by atoms with E-state index in [9.17, 15) is 24.3 Å². The van der Waals surface area contributed by atoms with Gasteiger partial charge >= 0.3 is 5.97 Å². The summed E-state index contributed by atoms with van der Waals surface area (Å²) < 4.78 is 0. The molecule has 0 saturated heterocycles. The molecule has 0 spiro atoms. The molecule has 0 aliphatic rings. The molecule has 3 amide bonds. The van der Waals surface area contributed by atoms with E-state index in [2.05, 4.69) is 20.9 Å². The number of amides is 3. The molecule has 0 radical (unpaired) electrons. The number of nitrogens with two attached hydrogens (primary N) is 4. The number of nitrogens with zero attached hydrogens (tertiary/aromatic N) is 1. The van der Waals surface area contributed by atoms with E-state index in [0.717, 1.165) is 6.42 Å². The van der Waals surface area contributed by atoms with Crippen LogP contribution < -0.4 is 38.9 Å². The molecule has 0 aromatic carbocycles. The molecule has 13 heteroatoms. The zero-order valence-corrected chi connectivity index (χ0v) is 22.7. The zero-order valence-electron chi connectivity index (χ0n) is 22.7. The van der Waals surface area contributed by atoms with Crippen molar-refractivity contribution in [2.45, 2.75) is 96.8 Å². The number of hydrogen-bond donors (Lipinski definition) is 8. The highest BCUT2D eigenvalue weighted by atomic mass is 16.4. The van der Waals surface area contributed by atoms with Crippen LogP contribution in [0.4, 0.5) is 0 Å². The molecule has 0 aliphatic carbocycles. The summed E-state index contributed by atoms with van der Waals surface area (Å²) in [5, 5.41) is 17.4. The maximum absolute atomic E-state index is 13.3. The lowest BCUT2D eigenvalue weighted by Crippen LogP contribution is -2.58. The van der Waals surface area contributed by atoms with Crippen LogP contribution >= 0.6 is 0 Å². The van der Waals surface area contributed by atoms with Gasteiger partial charge in [-0.15, -0.1) is 0 Å². The largest absolute Gasteiger partial charge is 0.480 e. The Labute approximate surface area is 219 Å². The van der Waals surface area contributed by atoms with E-state index < -0.39 is 47.9 Å². The summed E-state index contributed by atoms with van der Waals surface area (Å²) in [6.07, 6.45) is 3.17. The van der Waals surface area contributed by atoms with Crippen molar-refractivity contribution in [2.24, 2.45) is 39.8 Å². The van der Waals surface area contributed by atoms with Gasteiger partial charge in [0.15, 0.2) is 5.96 Å². The lowest BCUT2D eigenvalue weighted by Gasteiger charge is -2.28. The number of carbonyl (C=O) groups is 4. The fraction of sp³-hybridized carbons (Fsp3) is 0.792. The van der Waals surface area contributed by atoms with Gasteiger partial charge in [-0.25, -0.2) is 4.79 Å². The Morgan fingerprint density at radius 2 is 1.49 bits per heavy atom. The molecule has 5 unspecified atom stereocenters. The second-order valence-electron chi connectivity index (χ2n) is 9.80. The lowest BCUT2D eigenvalue weighted by molar-refractivity contribution is -0.143. The Balaban J connectivity index is 5.62. The van der Waals surface area contributed by atoms with E-state index in [-0.39, 0.29) is 37.2 Å². The number of aliphatic carboxylic acids is 1. The van der Waals surface area contributed by atoms with Gasteiger partial charge in [-0.3, -0.25) is 19.4 Å². The third-order valence-corrected chi connectivity index (χ3v) is 6.00. The van der Waals surface area contributed by atoms with Crippen LogP contribution in [0.5, 0.6) is 0 Å². The quantitative estimate of drug-likeness (QED) is 0.0589. The van der Waals surface area contributed by atoms with Crippen LogP contribution in [0.3, 0.4) is 0 Å². The number of unbranched alkanes of at least 4 members (excludes halogenated alkanes) is 1. The average molecular weight is 529 g/mol. The molecule has 0 rings (SSSR count). The van der Waals surface area contributed by atoms with Crippen molar-refractivity contribution in [2.75, 3.05) is 13.1 Å². The minimum atomic E-state index is -1.17. The lowest BCUT2D eigenvalue weighted by atomic mass is 9.96. The highest BCUT2D eigenvalue weighted by Gasteiger charge is 2.32. The summed E-state index contributed by atoms with van der Waals surface area (Å²) in [5.74, 6) is -3.16. The number of nitrogens with one attached hydrogen (secondary N) is 3. The van der Waals surface area contributed by atoms with Crippen molar-refractivity contribution >= 4 is 29.7 Å². The van der Waals surface area contributed by atoms with Gasteiger partial charge in [-0.05, 0) is 50.5 Å². The highest BCUT2D eigenvalue weighted by Crippen LogP contribution is 2.11. The smallest absolute Gasteiger partial charge is 0.326 e. The topological polar surface area (TPSA) is 241 Å². The molecule has 0 fully saturated rings. The van der Waals surface area contributed by atoms with Crippen molar-refractivity contribution in [3.8, 4) is 0 Å². The maximum Gasteiger partial charge on any atom is 0.326 e. The van der Waals surface area contributed by atoms with Gasteiger partial charge in [0, 0.05) is 6.54 Å². The molecule has 0 aromatic rings. The molecule has 13 nitrogen and oxygen atoms in total. The van der Waals surface area contributed by atoms with Crippen LogP contribution in [-0.2, 0) is 19.2 Å². The summed E-state index contributed by atoms with van der Waals surface area (Å²) in [5.41, 5.74) is 22.2. The zero-order chi connectivity index (χ0) is 28.5.